The van der Waals surface area contributed by atoms with Crippen molar-refractivity contribution in [2.45, 2.75) is 6.54 Å². The van der Waals surface area contributed by atoms with Crippen molar-refractivity contribution in [3.63, 3.8) is 0 Å². The fraction of sp³-hybridized carbons (Fsp3) is 0.250. The van der Waals surface area contributed by atoms with E-state index in [9.17, 15) is 9.59 Å². The minimum absolute atomic E-state index is 0.156. The number of esters is 1. The lowest BCUT2D eigenvalue weighted by Gasteiger charge is -1.95. The molecule has 0 saturated heterocycles. The number of carbonyl (C=O) groups is 2. The maximum absolute atomic E-state index is 10.9. The smallest absolute Gasteiger partial charge is 0.339 e. The highest BCUT2D eigenvalue weighted by molar-refractivity contribution is 5.89. The summed E-state index contributed by atoms with van der Waals surface area (Å²) >= 11 is 0. The van der Waals surface area contributed by atoms with Crippen LogP contribution < -0.4 is 0 Å². The van der Waals surface area contributed by atoms with Crippen molar-refractivity contribution in [3.05, 3.63) is 24.0 Å². The van der Waals surface area contributed by atoms with Crippen LogP contribution >= 0.6 is 0 Å². The second-order valence-corrected chi connectivity index (χ2v) is 2.46. The van der Waals surface area contributed by atoms with Gasteiger partial charge in [-0.15, -0.1) is 0 Å². The molecular weight excluding hydrogens is 174 g/mol. The normalized spacial score (nSPS) is 9.62. The summed E-state index contributed by atoms with van der Waals surface area (Å²) in [6.07, 6.45) is 2.94. The van der Waals surface area contributed by atoms with Gasteiger partial charge in [0, 0.05) is 12.4 Å². The van der Waals surface area contributed by atoms with Crippen LogP contribution in [0.3, 0.4) is 0 Å². The molecule has 13 heavy (non-hydrogen) atoms. The molecule has 1 rings (SSSR count). The van der Waals surface area contributed by atoms with Crippen LogP contribution in [0.15, 0.2) is 18.5 Å². The Morgan fingerprint density at radius 2 is 2.31 bits per heavy atom. The lowest BCUT2D eigenvalue weighted by molar-refractivity contribution is -0.137. The average Bonchev–Trinajstić information content (AvgIpc) is 2.50. The zero-order chi connectivity index (χ0) is 9.84. The summed E-state index contributed by atoms with van der Waals surface area (Å²) in [5.41, 5.74) is 0.351. The van der Waals surface area contributed by atoms with Gasteiger partial charge in [0.1, 0.15) is 6.54 Å². The minimum atomic E-state index is -0.952. The van der Waals surface area contributed by atoms with Gasteiger partial charge in [-0.3, -0.25) is 4.79 Å². The number of aliphatic carboxylic acids is 1. The summed E-state index contributed by atoms with van der Waals surface area (Å²) in [7, 11) is 1.27. The highest BCUT2D eigenvalue weighted by Gasteiger charge is 2.07. The molecule has 1 heterocycles. The van der Waals surface area contributed by atoms with E-state index in [0.29, 0.717) is 5.56 Å². The van der Waals surface area contributed by atoms with Crippen LogP contribution in [-0.2, 0) is 16.1 Å². The van der Waals surface area contributed by atoms with E-state index in [1.807, 2.05) is 0 Å². The van der Waals surface area contributed by atoms with E-state index in [-0.39, 0.29) is 6.54 Å². The number of carboxylic acids is 1. The van der Waals surface area contributed by atoms with Crippen LogP contribution in [0.25, 0.3) is 0 Å². The molecule has 5 nitrogen and oxygen atoms in total. The number of hydrogen-bond acceptors (Lipinski definition) is 3. The Labute approximate surface area is 74.5 Å². The van der Waals surface area contributed by atoms with Crippen molar-refractivity contribution < 1.29 is 19.4 Å². The van der Waals surface area contributed by atoms with Crippen molar-refractivity contribution in [1.29, 1.82) is 0 Å². The average molecular weight is 183 g/mol. The lowest BCUT2D eigenvalue weighted by Crippen LogP contribution is -2.06. The van der Waals surface area contributed by atoms with Crippen molar-refractivity contribution in [2.75, 3.05) is 7.11 Å². The first-order valence-corrected chi connectivity index (χ1v) is 3.59. The van der Waals surface area contributed by atoms with Gasteiger partial charge in [0.2, 0.25) is 0 Å². The number of aromatic nitrogens is 1. The molecule has 70 valence electrons. The van der Waals surface area contributed by atoms with E-state index in [0.717, 1.165) is 0 Å². The summed E-state index contributed by atoms with van der Waals surface area (Å²) in [6.45, 7) is -0.156. The van der Waals surface area contributed by atoms with Crippen molar-refractivity contribution >= 4 is 11.9 Å². The number of hydrogen-bond donors (Lipinski definition) is 1. The van der Waals surface area contributed by atoms with E-state index in [1.165, 1.54) is 30.1 Å². The Morgan fingerprint density at radius 3 is 2.85 bits per heavy atom. The first kappa shape index (κ1) is 9.31. The zero-order valence-corrected chi connectivity index (χ0v) is 7.06. The molecule has 0 fully saturated rings. The molecule has 0 unspecified atom stereocenters. The maximum Gasteiger partial charge on any atom is 0.339 e. The van der Waals surface area contributed by atoms with Crippen LogP contribution in [0.5, 0.6) is 0 Å². The molecule has 0 aliphatic carbocycles. The standard InChI is InChI=1S/C8H9NO4/c1-13-8(12)6-2-3-9(4-6)5-7(10)11/h2-4H,5H2,1H3,(H,10,11). The van der Waals surface area contributed by atoms with Gasteiger partial charge in [-0.2, -0.15) is 0 Å². The fourth-order valence-electron chi connectivity index (χ4n) is 0.934. The summed E-state index contributed by atoms with van der Waals surface area (Å²) in [5.74, 6) is -1.42. The van der Waals surface area contributed by atoms with Gasteiger partial charge in [0.15, 0.2) is 0 Å². The maximum atomic E-state index is 10.9. The molecule has 5 heteroatoms. The molecule has 0 aromatic carbocycles. The van der Waals surface area contributed by atoms with Gasteiger partial charge in [-0.25, -0.2) is 4.79 Å². The number of carboxylic acid groups (broad SMARTS) is 1. The van der Waals surface area contributed by atoms with Gasteiger partial charge in [-0.05, 0) is 6.07 Å². The Morgan fingerprint density at radius 1 is 1.62 bits per heavy atom. The molecule has 0 aliphatic heterocycles. The van der Waals surface area contributed by atoms with E-state index in [2.05, 4.69) is 4.74 Å². The topological polar surface area (TPSA) is 68.5 Å². The Bertz CT molecular complexity index is 329. The predicted molar refractivity (Wildman–Crippen MR) is 43.4 cm³/mol. The van der Waals surface area contributed by atoms with Gasteiger partial charge in [-0.1, -0.05) is 0 Å². The minimum Gasteiger partial charge on any atom is -0.480 e. The summed E-state index contributed by atoms with van der Waals surface area (Å²) < 4.78 is 5.85. The molecule has 0 bridgehead atoms. The van der Waals surface area contributed by atoms with Gasteiger partial charge in [0.25, 0.3) is 0 Å². The van der Waals surface area contributed by atoms with E-state index < -0.39 is 11.9 Å². The molecule has 0 amide bonds. The molecule has 1 aromatic rings. The SMILES string of the molecule is COC(=O)c1ccn(CC(=O)O)c1. The lowest BCUT2D eigenvalue weighted by atomic mass is 10.3. The first-order chi connectivity index (χ1) is 6.13. The van der Waals surface area contributed by atoms with Crippen molar-refractivity contribution in [2.24, 2.45) is 0 Å². The highest BCUT2D eigenvalue weighted by atomic mass is 16.5. The van der Waals surface area contributed by atoms with Gasteiger partial charge in [0.05, 0.1) is 12.7 Å². The van der Waals surface area contributed by atoms with Crippen LogP contribution in [0.1, 0.15) is 10.4 Å². The molecule has 1 aromatic heterocycles. The molecule has 0 saturated carbocycles. The fourth-order valence-corrected chi connectivity index (χ4v) is 0.934. The second-order valence-electron chi connectivity index (χ2n) is 2.46. The van der Waals surface area contributed by atoms with Gasteiger partial charge >= 0.3 is 11.9 Å². The third-order valence-corrected chi connectivity index (χ3v) is 1.49. The zero-order valence-electron chi connectivity index (χ0n) is 7.06. The number of nitrogens with zero attached hydrogens (tertiary/aromatic N) is 1. The van der Waals surface area contributed by atoms with Crippen LogP contribution in [0.4, 0.5) is 0 Å². The van der Waals surface area contributed by atoms with Crippen molar-refractivity contribution in [1.82, 2.24) is 4.57 Å². The third-order valence-electron chi connectivity index (χ3n) is 1.49. The quantitative estimate of drug-likeness (QED) is 0.687. The van der Waals surface area contributed by atoms with Crippen molar-refractivity contribution in [3.8, 4) is 0 Å². The molecule has 0 radical (unpaired) electrons. The molecule has 0 spiro atoms. The summed E-state index contributed by atoms with van der Waals surface area (Å²) in [6, 6.07) is 1.51. The molecule has 0 atom stereocenters. The number of ether oxygens (including phenoxy) is 1. The first-order valence-electron chi connectivity index (χ1n) is 3.59. The van der Waals surface area contributed by atoms with Crippen LogP contribution in [-0.4, -0.2) is 28.7 Å². The Balaban J connectivity index is 2.74. The monoisotopic (exact) mass is 183 g/mol. The number of methoxy groups -OCH3 is 1. The number of carbonyl (C=O) groups excluding carboxylic acids is 1. The Kier molecular flexibility index (Phi) is 2.69. The molecular formula is C8H9NO4. The van der Waals surface area contributed by atoms with E-state index in [1.54, 1.807) is 0 Å². The largest absolute Gasteiger partial charge is 0.480 e. The summed E-state index contributed by atoms with van der Waals surface area (Å²) in [4.78, 5) is 21.2. The van der Waals surface area contributed by atoms with Gasteiger partial charge < -0.3 is 14.4 Å². The molecule has 0 aliphatic rings. The Hall–Kier alpha value is -1.78. The van der Waals surface area contributed by atoms with E-state index >= 15 is 0 Å². The molecule has 1 N–H and O–H groups in total. The van der Waals surface area contributed by atoms with Crippen LogP contribution in [0.2, 0.25) is 0 Å². The summed E-state index contributed by atoms with van der Waals surface area (Å²) in [5, 5.41) is 8.43. The van der Waals surface area contributed by atoms with Crippen LogP contribution in [0, 0.1) is 0 Å². The second kappa shape index (κ2) is 3.75. The number of rotatable bonds is 3. The highest BCUT2D eigenvalue weighted by Crippen LogP contribution is 2.02. The van der Waals surface area contributed by atoms with E-state index in [4.69, 9.17) is 5.11 Å². The predicted octanol–water partition coefficient (Wildman–Crippen LogP) is 0.359. The third kappa shape index (κ3) is 2.33.